The first-order valence-electron chi connectivity index (χ1n) is 9.21. The van der Waals surface area contributed by atoms with Crippen molar-refractivity contribution in [3.63, 3.8) is 0 Å². The second-order valence-corrected chi connectivity index (χ2v) is 6.69. The first-order chi connectivity index (χ1) is 13.7. The van der Waals surface area contributed by atoms with E-state index in [1.807, 2.05) is 24.4 Å². The Labute approximate surface area is 162 Å². The Kier molecular flexibility index (Phi) is 5.12. The molecule has 1 aliphatic rings. The SMILES string of the molecule is COc1cc2nc(CN3CCN(c4ccccn4)CC3)[nH]c(=O)c2cc1OC. The van der Waals surface area contributed by atoms with Crippen molar-refractivity contribution in [2.24, 2.45) is 0 Å². The second kappa shape index (κ2) is 7.85. The summed E-state index contributed by atoms with van der Waals surface area (Å²) < 4.78 is 10.6. The minimum Gasteiger partial charge on any atom is -0.493 e. The molecule has 2 aromatic heterocycles. The lowest BCUT2D eigenvalue weighted by molar-refractivity contribution is 0.243. The molecule has 0 spiro atoms. The summed E-state index contributed by atoms with van der Waals surface area (Å²) >= 11 is 0. The van der Waals surface area contributed by atoms with Crippen molar-refractivity contribution >= 4 is 16.7 Å². The Morgan fingerprint density at radius 2 is 1.82 bits per heavy atom. The number of aromatic nitrogens is 3. The molecule has 0 bridgehead atoms. The number of hydrogen-bond donors (Lipinski definition) is 1. The maximum Gasteiger partial charge on any atom is 0.258 e. The van der Waals surface area contributed by atoms with Crippen LogP contribution in [0.3, 0.4) is 0 Å². The number of pyridine rings is 1. The van der Waals surface area contributed by atoms with Crippen LogP contribution in [0.25, 0.3) is 10.9 Å². The molecule has 0 radical (unpaired) electrons. The molecule has 1 N–H and O–H groups in total. The van der Waals surface area contributed by atoms with Crippen LogP contribution in [0.5, 0.6) is 11.5 Å². The molecule has 0 amide bonds. The second-order valence-electron chi connectivity index (χ2n) is 6.69. The number of ether oxygens (including phenoxy) is 2. The Bertz CT molecular complexity index is 1010. The van der Waals surface area contributed by atoms with Crippen molar-refractivity contribution in [3.05, 3.63) is 52.7 Å². The van der Waals surface area contributed by atoms with E-state index in [2.05, 4.69) is 24.8 Å². The molecule has 4 rings (SSSR count). The van der Waals surface area contributed by atoms with Crippen LogP contribution >= 0.6 is 0 Å². The summed E-state index contributed by atoms with van der Waals surface area (Å²) in [5.41, 5.74) is 0.427. The van der Waals surface area contributed by atoms with Crippen molar-refractivity contribution in [2.45, 2.75) is 6.54 Å². The van der Waals surface area contributed by atoms with Crippen LogP contribution in [0.1, 0.15) is 5.82 Å². The quantitative estimate of drug-likeness (QED) is 0.719. The van der Waals surface area contributed by atoms with E-state index in [4.69, 9.17) is 9.47 Å². The third-order valence-corrected chi connectivity index (χ3v) is 4.98. The van der Waals surface area contributed by atoms with Crippen molar-refractivity contribution in [2.75, 3.05) is 45.3 Å². The first-order valence-corrected chi connectivity index (χ1v) is 9.21. The lowest BCUT2D eigenvalue weighted by atomic mass is 10.2. The van der Waals surface area contributed by atoms with Gasteiger partial charge >= 0.3 is 0 Å². The van der Waals surface area contributed by atoms with Gasteiger partial charge in [-0.1, -0.05) is 6.07 Å². The minimum absolute atomic E-state index is 0.173. The zero-order chi connectivity index (χ0) is 19.5. The van der Waals surface area contributed by atoms with E-state index < -0.39 is 0 Å². The Morgan fingerprint density at radius 1 is 1.07 bits per heavy atom. The molecule has 28 heavy (non-hydrogen) atoms. The number of nitrogens with zero attached hydrogens (tertiary/aromatic N) is 4. The fourth-order valence-electron chi connectivity index (χ4n) is 3.48. The number of fused-ring (bicyclic) bond motifs is 1. The van der Waals surface area contributed by atoms with Gasteiger partial charge in [0.1, 0.15) is 11.6 Å². The summed E-state index contributed by atoms with van der Waals surface area (Å²) in [7, 11) is 3.11. The summed E-state index contributed by atoms with van der Waals surface area (Å²) in [5, 5.41) is 0.487. The smallest absolute Gasteiger partial charge is 0.258 e. The first kappa shape index (κ1) is 18.2. The molecule has 3 heterocycles. The molecule has 0 unspecified atom stereocenters. The van der Waals surface area contributed by atoms with Crippen molar-refractivity contribution in [3.8, 4) is 11.5 Å². The summed E-state index contributed by atoms with van der Waals surface area (Å²) in [4.78, 5) is 29.0. The highest BCUT2D eigenvalue weighted by Gasteiger charge is 2.19. The van der Waals surface area contributed by atoms with E-state index in [0.29, 0.717) is 34.8 Å². The number of methoxy groups -OCH3 is 2. The average Bonchev–Trinajstić information content (AvgIpc) is 2.74. The van der Waals surface area contributed by atoms with Gasteiger partial charge in [-0.3, -0.25) is 9.69 Å². The van der Waals surface area contributed by atoms with Crippen molar-refractivity contribution in [1.82, 2.24) is 19.9 Å². The normalized spacial score (nSPS) is 15.0. The van der Waals surface area contributed by atoms with Gasteiger partial charge in [-0.15, -0.1) is 0 Å². The van der Waals surface area contributed by atoms with Gasteiger partial charge in [-0.2, -0.15) is 0 Å². The summed E-state index contributed by atoms with van der Waals surface area (Å²) in [6.45, 7) is 4.13. The number of hydrogen-bond acceptors (Lipinski definition) is 7. The standard InChI is InChI=1S/C20H23N5O3/c1-27-16-11-14-15(12-17(16)28-2)22-18(23-20(14)26)13-24-7-9-25(10-8-24)19-5-3-4-6-21-19/h3-6,11-12H,7-10,13H2,1-2H3,(H,22,23,26). The lowest BCUT2D eigenvalue weighted by Gasteiger charge is -2.35. The van der Waals surface area contributed by atoms with E-state index in [-0.39, 0.29) is 5.56 Å². The van der Waals surface area contributed by atoms with Gasteiger partial charge in [-0.05, 0) is 18.2 Å². The average molecular weight is 381 g/mol. The number of piperazine rings is 1. The van der Waals surface area contributed by atoms with Crippen LogP contribution in [0.2, 0.25) is 0 Å². The predicted molar refractivity (Wildman–Crippen MR) is 107 cm³/mol. The number of anilines is 1. The molecule has 0 aliphatic carbocycles. The van der Waals surface area contributed by atoms with Gasteiger partial charge in [0.25, 0.3) is 5.56 Å². The molecular weight excluding hydrogens is 358 g/mol. The highest BCUT2D eigenvalue weighted by molar-refractivity contribution is 5.81. The molecule has 1 saturated heterocycles. The van der Waals surface area contributed by atoms with Crippen LogP contribution in [0.4, 0.5) is 5.82 Å². The number of benzene rings is 1. The highest BCUT2D eigenvalue weighted by Crippen LogP contribution is 2.30. The molecule has 1 aliphatic heterocycles. The van der Waals surface area contributed by atoms with Crippen LogP contribution in [0, 0.1) is 0 Å². The zero-order valence-electron chi connectivity index (χ0n) is 16.0. The lowest BCUT2D eigenvalue weighted by Crippen LogP contribution is -2.46. The fraction of sp³-hybridized carbons (Fsp3) is 0.350. The van der Waals surface area contributed by atoms with Gasteiger partial charge < -0.3 is 19.4 Å². The Hall–Kier alpha value is -3.13. The number of rotatable bonds is 5. The van der Waals surface area contributed by atoms with Gasteiger partial charge in [0.2, 0.25) is 0 Å². The van der Waals surface area contributed by atoms with Gasteiger partial charge in [0, 0.05) is 38.4 Å². The molecule has 0 saturated carbocycles. The largest absolute Gasteiger partial charge is 0.493 e. The number of aromatic amines is 1. The minimum atomic E-state index is -0.173. The molecule has 8 nitrogen and oxygen atoms in total. The predicted octanol–water partition coefficient (Wildman–Crippen LogP) is 1.66. The van der Waals surface area contributed by atoms with Crippen molar-refractivity contribution in [1.29, 1.82) is 0 Å². The van der Waals surface area contributed by atoms with Gasteiger partial charge in [0.15, 0.2) is 11.5 Å². The summed E-state index contributed by atoms with van der Waals surface area (Å²) in [6, 6.07) is 9.36. The van der Waals surface area contributed by atoms with Crippen LogP contribution in [-0.2, 0) is 6.54 Å². The molecule has 8 heteroatoms. The summed E-state index contributed by atoms with van der Waals surface area (Å²) in [5.74, 6) is 2.72. The van der Waals surface area contributed by atoms with E-state index in [9.17, 15) is 4.79 Å². The topological polar surface area (TPSA) is 83.6 Å². The maximum atomic E-state index is 12.5. The number of H-pyrrole nitrogens is 1. The molecule has 3 aromatic rings. The molecule has 146 valence electrons. The Morgan fingerprint density at radius 3 is 2.50 bits per heavy atom. The van der Waals surface area contributed by atoms with Crippen LogP contribution < -0.4 is 19.9 Å². The van der Waals surface area contributed by atoms with E-state index in [0.717, 1.165) is 32.0 Å². The van der Waals surface area contributed by atoms with E-state index in [1.165, 1.54) is 0 Å². The molecular formula is C20H23N5O3. The molecule has 0 atom stereocenters. The van der Waals surface area contributed by atoms with Gasteiger partial charge in [-0.25, -0.2) is 9.97 Å². The van der Waals surface area contributed by atoms with E-state index in [1.54, 1.807) is 26.4 Å². The van der Waals surface area contributed by atoms with Crippen molar-refractivity contribution < 1.29 is 9.47 Å². The number of nitrogens with one attached hydrogen (secondary N) is 1. The van der Waals surface area contributed by atoms with Crippen LogP contribution in [-0.4, -0.2) is 60.3 Å². The van der Waals surface area contributed by atoms with Crippen LogP contribution in [0.15, 0.2) is 41.3 Å². The van der Waals surface area contributed by atoms with E-state index >= 15 is 0 Å². The maximum absolute atomic E-state index is 12.5. The van der Waals surface area contributed by atoms with Gasteiger partial charge in [0.05, 0.1) is 31.7 Å². The summed E-state index contributed by atoms with van der Waals surface area (Å²) in [6.07, 6.45) is 1.81. The third kappa shape index (κ3) is 3.63. The zero-order valence-corrected chi connectivity index (χ0v) is 16.0. The fourth-order valence-corrected chi connectivity index (χ4v) is 3.48. The molecule has 1 fully saturated rings. The highest BCUT2D eigenvalue weighted by atomic mass is 16.5. The molecule has 1 aromatic carbocycles. The Balaban J connectivity index is 1.50. The third-order valence-electron chi connectivity index (χ3n) is 4.98. The monoisotopic (exact) mass is 381 g/mol.